The van der Waals surface area contributed by atoms with E-state index in [0.717, 1.165) is 5.92 Å². The standard InChI is InChI=1S/C11H15N/c1-2-4-10(5-3-1)8-11-6-7-12-9-11/h1-5,11-12H,6-9H2. The van der Waals surface area contributed by atoms with Gasteiger partial charge in [-0.05, 0) is 37.4 Å². The second-order valence-electron chi connectivity index (χ2n) is 3.55. The van der Waals surface area contributed by atoms with Gasteiger partial charge in [-0.15, -0.1) is 0 Å². The molecule has 1 nitrogen and oxygen atoms in total. The topological polar surface area (TPSA) is 12.0 Å². The fourth-order valence-electron chi connectivity index (χ4n) is 1.84. The van der Waals surface area contributed by atoms with E-state index in [-0.39, 0.29) is 0 Å². The summed E-state index contributed by atoms with van der Waals surface area (Å²) in [6.07, 6.45) is 2.59. The zero-order valence-electron chi connectivity index (χ0n) is 7.29. The van der Waals surface area contributed by atoms with Gasteiger partial charge >= 0.3 is 0 Å². The van der Waals surface area contributed by atoms with Gasteiger partial charge in [-0.25, -0.2) is 0 Å². The van der Waals surface area contributed by atoms with Crippen LogP contribution in [-0.2, 0) is 6.42 Å². The summed E-state index contributed by atoms with van der Waals surface area (Å²) in [7, 11) is 0. The Hall–Kier alpha value is -0.820. The van der Waals surface area contributed by atoms with E-state index in [9.17, 15) is 0 Å². The predicted molar refractivity (Wildman–Crippen MR) is 51.1 cm³/mol. The van der Waals surface area contributed by atoms with Crippen molar-refractivity contribution < 1.29 is 0 Å². The van der Waals surface area contributed by atoms with E-state index in [1.165, 1.54) is 31.5 Å². The molecule has 1 unspecified atom stereocenters. The van der Waals surface area contributed by atoms with E-state index in [1.807, 2.05) is 0 Å². The Morgan fingerprint density at radius 2 is 2.08 bits per heavy atom. The third-order valence-electron chi connectivity index (χ3n) is 2.53. The second kappa shape index (κ2) is 3.72. The number of hydrogen-bond acceptors (Lipinski definition) is 1. The number of nitrogens with one attached hydrogen (secondary N) is 1. The number of rotatable bonds is 2. The van der Waals surface area contributed by atoms with Crippen LogP contribution in [0.25, 0.3) is 0 Å². The van der Waals surface area contributed by atoms with Gasteiger partial charge in [-0.1, -0.05) is 30.3 Å². The lowest BCUT2D eigenvalue weighted by atomic mass is 9.99. The normalized spacial score (nSPS) is 22.8. The van der Waals surface area contributed by atoms with Crippen LogP contribution in [0.15, 0.2) is 30.3 Å². The van der Waals surface area contributed by atoms with Gasteiger partial charge in [0.05, 0.1) is 0 Å². The lowest BCUT2D eigenvalue weighted by molar-refractivity contribution is 0.580. The summed E-state index contributed by atoms with van der Waals surface area (Å²) in [4.78, 5) is 0. The molecule has 0 bridgehead atoms. The fraction of sp³-hybridized carbons (Fsp3) is 0.455. The van der Waals surface area contributed by atoms with Crippen LogP contribution in [0, 0.1) is 5.92 Å². The van der Waals surface area contributed by atoms with E-state index in [1.54, 1.807) is 0 Å². The van der Waals surface area contributed by atoms with E-state index < -0.39 is 0 Å². The highest BCUT2D eigenvalue weighted by Gasteiger charge is 2.13. The summed E-state index contributed by atoms with van der Waals surface area (Å²) in [6, 6.07) is 10.8. The van der Waals surface area contributed by atoms with Crippen molar-refractivity contribution in [1.29, 1.82) is 0 Å². The van der Waals surface area contributed by atoms with Crippen LogP contribution in [-0.4, -0.2) is 13.1 Å². The molecule has 12 heavy (non-hydrogen) atoms. The predicted octanol–water partition coefficient (Wildman–Crippen LogP) is 1.84. The molecule has 0 saturated carbocycles. The lowest BCUT2D eigenvalue weighted by Crippen LogP contribution is -2.10. The van der Waals surface area contributed by atoms with Crippen molar-refractivity contribution >= 4 is 0 Å². The quantitative estimate of drug-likeness (QED) is 0.698. The largest absolute Gasteiger partial charge is 0.316 e. The Kier molecular flexibility index (Phi) is 2.42. The average Bonchev–Trinajstić information content (AvgIpc) is 2.59. The van der Waals surface area contributed by atoms with E-state index in [0.29, 0.717) is 0 Å². The van der Waals surface area contributed by atoms with E-state index in [2.05, 4.69) is 35.6 Å². The molecule has 1 heteroatoms. The molecule has 1 aromatic carbocycles. The second-order valence-corrected chi connectivity index (χ2v) is 3.55. The molecule has 1 atom stereocenters. The summed E-state index contributed by atoms with van der Waals surface area (Å²) < 4.78 is 0. The van der Waals surface area contributed by atoms with Crippen molar-refractivity contribution in [1.82, 2.24) is 5.32 Å². The Bertz CT molecular complexity index is 224. The van der Waals surface area contributed by atoms with Crippen LogP contribution in [0.1, 0.15) is 12.0 Å². The highest BCUT2D eigenvalue weighted by molar-refractivity contribution is 5.15. The van der Waals surface area contributed by atoms with Crippen molar-refractivity contribution in [3.63, 3.8) is 0 Å². The molecule has 0 aromatic heterocycles. The molecule has 0 radical (unpaired) electrons. The van der Waals surface area contributed by atoms with Gasteiger partial charge in [-0.2, -0.15) is 0 Å². The molecular formula is C11H15N. The van der Waals surface area contributed by atoms with Gasteiger partial charge < -0.3 is 5.32 Å². The van der Waals surface area contributed by atoms with Gasteiger partial charge in [0.2, 0.25) is 0 Å². The van der Waals surface area contributed by atoms with Crippen LogP contribution in [0.3, 0.4) is 0 Å². The summed E-state index contributed by atoms with van der Waals surface area (Å²) in [5, 5.41) is 3.39. The molecule has 1 aliphatic rings. The maximum Gasteiger partial charge on any atom is -0.00169 e. The molecule has 0 amide bonds. The van der Waals surface area contributed by atoms with Crippen molar-refractivity contribution in [2.75, 3.05) is 13.1 Å². The minimum absolute atomic E-state index is 0.868. The molecule has 1 heterocycles. The van der Waals surface area contributed by atoms with Crippen LogP contribution in [0.5, 0.6) is 0 Å². The molecule has 1 aliphatic heterocycles. The van der Waals surface area contributed by atoms with Crippen molar-refractivity contribution in [2.24, 2.45) is 5.92 Å². The maximum atomic E-state index is 3.39. The highest BCUT2D eigenvalue weighted by Crippen LogP contribution is 2.14. The monoisotopic (exact) mass is 161 g/mol. The smallest absolute Gasteiger partial charge is 0.00169 e. The van der Waals surface area contributed by atoms with Crippen LogP contribution >= 0.6 is 0 Å². The molecule has 1 fully saturated rings. The molecule has 0 aliphatic carbocycles. The van der Waals surface area contributed by atoms with Gasteiger partial charge in [0.1, 0.15) is 0 Å². The van der Waals surface area contributed by atoms with Crippen molar-refractivity contribution in [2.45, 2.75) is 12.8 Å². The summed E-state index contributed by atoms with van der Waals surface area (Å²) >= 11 is 0. The number of hydrogen-bond donors (Lipinski definition) is 1. The van der Waals surface area contributed by atoms with E-state index in [4.69, 9.17) is 0 Å². The third-order valence-corrected chi connectivity index (χ3v) is 2.53. The average molecular weight is 161 g/mol. The minimum Gasteiger partial charge on any atom is -0.316 e. The molecule has 1 N–H and O–H groups in total. The Morgan fingerprint density at radius 1 is 1.25 bits per heavy atom. The van der Waals surface area contributed by atoms with Crippen LogP contribution < -0.4 is 5.32 Å². The summed E-state index contributed by atoms with van der Waals surface area (Å²) in [5.74, 6) is 0.868. The zero-order valence-corrected chi connectivity index (χ0v) is 7.29. The highest BCUT2D eigenvalue weighted by atomic mass is 14.9. The Morgan fingerprint density at radius 3 is 2.75 bits per heavy atom. The van der Waals surface area contributed by atoms with Gasteiger partial charge in [0, 0.05) is 0 Å². The first-order valence-corrected chi connectivity index (χ1v) is 4.70. The summed E-state index contributed by atoms with van der Waals surface area (Å²) in [5.41, 5.74) is 1.48. The fourth-order valence-corrected chi connectivity index (χ4v) is 1.84. The maximum absolute atomic E-state index is 3.39. The molecule has 0 spiro atoms. The third kappa shape index (κ3) is 1.86. The summed E-state index contributed by atoms with van der Waals surface area (Å²) in [6.45, 7) is 2.41. The van der Waals surface area contributed by atoms with Gasteiger partial charge in [0.25, 0.3) is 0 Å². The minimum atomic E-state index is 0.868. The molecule has 64 valence electrons. The van der Waals surface area contributed by atoms with Gasteiger partial charge in [-0.3, -0.25) is 0 Å². The number of benzene rings is 1. The Labute approximate surface area is 73.8 Å². The molecular weight excluding hydrogens is 146 g/mol. The SMILES string of the molecule is c1ccc(CC2CCNC2)cc1. The molecule has 1 saturated heterocycles. The molecule has 2 rings (SSSR count). The lowest BCUT2D eigenvalue weighted by Gasteiger charge is -2.06. The Balaban J connectivity index is 1.94. The van der Waals surface area contributed by atoms with Crippen molar-refractivity contribution in [3.05, 3.63) is 35.9 Å². The van der Waals surface area contributed by atoms with Crippen LogP contribution in [0.4, 0.5) is 0 Å². The molecule has 1 aromatic rings. The first-order valence-electron chi connectivity index (χ1n) is 4.70. The van der Waals surface area contributed by atoms with Crippen molar-refractivity contribution in [3.8, 4) is 0 Å². The van der Waals surface area contributed by atoms with Crippen LogP contribution in [0.2, 0.25) is 0 Å². The first-order chi connectivity index (χ1) is 5.95. The zero-order chi connectivity index (χ0) is 8.23. The first kappa shape index (κ1) is 7.81. The van der Waals surface area contributed by atoms with E-state index >= 15 is 0 Å². The van der Waals surface area contributed by atoms with Gasteiger partial charge in [0.15, 0.2) is 0 Å².